The van der Waals surface area contributed by atoms with Crippen LogP contribution in [-0.4, -0.2) is 19.2 Å². The van der Waals surface area contributed by atoms with Gasteiger partial charge in [-0.05, 0) is 18.2 Å². The van der Waals surface area contributed by atoms with Gasteiger partial charge in [0.15, 0.2) is 5.82 Å². The highest BCUT2D eigenvalue weighted by Gasteiger charge is 2.20. The van der Waals surface area contributed by atoms with Crippen LogP contribution in [0.3, 0.4) is 0 Å². The highest BCUT2D eigenvalue weighted by Crippen LogP contribution is 2.31. The monoisotopic (exact) mass is 394 g/mol. The van der Waals surface area contributed by atoms with Crippen molar-refractivity contribution in [2.45, 2.75) is 0 Å². The van der Waals surface area contributed by atoms with E-state index < -0.39 is 0 Å². The SMILES string of the molecule is O=c1c2sc3ccccc3c2nc2n(-c3ccccc3)c(-c3ccccc3)nn12. The van der Waals surface area contributed by atoms with Crippen molar-refractivity contribution < 1.29 is 0 Å². The fourth-order valence-corrected chi connectivity index (χ4v) is 4.75. The van der Waals surface area contributed by atoms with Crippen molar-refractivity contribution in [3.63, 3.8) is 0 Å². The fourth-order valence-electron chi connectivity index (χ4n) is 3.68. The molecule has 138 valence electrons. The molecule has 0 amide bonds. The first kappa shape index (κ1) is 16.2. The van der Waals surface area contributed by atoms with Crippen molar-refractivity contribution in [3.05, 3.63) is 95.3 Å². The van der Waals surface area contributed by atoms with Crippen LogP contribution in [0.2, 0.25) is 0 Å². The molecule has 6 aromatic rings. The molecule has 3 aromatic heterocycles. The third-order valence-corrected chi connectivity index (χ3v) is 6.16. The Kier molecular flexibility index (Phi) is 3.42. The third-order valence-electron chi connectivity index (χ3n) is 5.01. The van der Waals surface area contributed by atoms with Gasteiger partial charge in [0.2, 0.25) is 5.78 Å². The molecule has 0 atom stereocenters. The molecule has 0 aliphatic carbocycles. The molecule has 5 nitrogen and oxygen atoms in total. The molecular weight excluding hydrogens is 380 g/mol. The second-order valence-electron chi connectivity index (χ2n) is 6.77. The molecule has 0 saturated carbocycles. The van der Waals surface area contributed by atoms with Crippen molar-refractivity contribution in [1.82, 2.24) is 19.2 Å². The molecule has 0 radical (unpaired) electrons. The number of fused-ring (bicyclic) bond motifs is 4. The zero-order valence-electron chi connectivity index (χ0n) is 15.2. The van der Waals surface area contributed by atoms with Crippen LogP contribution in [0, 0.1) is 0 Å². The maximum atomic E-state index is 13.3. The summed E-state index contributed by atoms with van der Waals surface area (Å²) in [6, 6.07) is 27.8. The van der Waals surface area contributed by atoms with Gasteiger partial charge in [0, 0.05) is 15.6 Å². The lowest BCUT2D eigenvalue weighted by atomic mass is 10.2. The van der Waals surface area contributed by atoms with Gasteiger partial charge < -0.3 is 0 Å². The summed E-state index contributed by atoms with van der Waals surface area (Å²) in [5, 5.41) is 5.69. The van der Waals surface area contributed by atoms with Crippen LogP contribution in [0.4, 0.5) is 0 Å². The summed E-state index contributed by atoms with van der Waals surface area (Å²) in [7, 11) is 0. The van der Waals surface area contributed by atoms with Crippen LogP contribution in [-0.2, 0) is 0 Å². The van der Waals surface area contributed by atoms with Crippen molar-refractivity contribution in [1.29, 1.82) is 0 Å². The molecule has 6 rings (SSSR count). The Morgan fingerprint density at radius 3 is 2.28 bits per heavy atom. The summed E-state index contributed by atoms with van der Waals surface area (Å²) in [4.78, 5) is 18.3. The van der Waals surface area contributed by atoms with E-state index in [-0.39, 0.29) is 5.56 Å². The van der Waals surface area contributed by atoms with E-state index in [0.29, 0.717) is 16.3 Å². The number of aromatic nitrogens is 4. The molecule has 3 aromatic carbocycles. The van der Waals surface area contributed by atoms with Gasteiger partial charge >= 0.3 is 0 Å². The molecule has 0 N–H and O–H groups in total. The smallest absolute Gasteiger partial charge is 0.266 e. The first-order valence-corrected chi connectivity index (χ1v) is 10.1. The van der Waals surface area contributed by atoms with E-state index in [1.54, 1.807) is 0 Å². The van der Waals surface area contributed by atoms with Crippen LogP contribution >= 0.6 is 11.3 Å². The largest absolute Gasteiger partial charge is 0.293 e. The maximum absolute atomic E-state index is 13.3. The highest BCUT2D eigenvalue weighted by molar-refractivity contribution is 7.25. The zero-order chi connectivity index (χ0) is 19.4. The summed E-state index contributed by atoms with van der Waals surface area (Å²) in [5.41, 5.74) is 2.42. The number of hydrogen-bond acceptors (Lipinski definition) is 4. The van der Waals surface area contributed by atoms with E-state index in [2.05, 4.69) is 0 Å². The molecule has 6 heteroatoms. The number of hydrogen-bond donors (Lipinski definition) is 0. The summed E-state index contributed by atoms with van der Waals surface area (Å²) < 4.78 is 5.05. The van der Waals surface area contributed by atoms with E-state index in [9.17, 15) is 4.79 Å². The van der Waals surface area contributed by atoms with Gasteiger partial charge in [-0.25, -0.2) is 4.98 Å². The quantitative estimate of drug-likeness (QED) is 0.419. The Bertz CT molecular complexity index is 1560. The molecule has 0 aliphatic rings. The Balaban J connectivity index is 1.81. The predicted octanol–water partition coefficient (Wildman–Crippen LogP) is 4.92. The van der Waals surface area contributed by atoms with Crippen LogP contribution < -0.4 is 5.56 Å². The summed E-state index contributed by atoms with van der Waals surface area (Å²) in [6.07, 6.45) is 0. The van der Waals surface area contributed by atoms with Gasteiger partial charge in [-0.3, -0.25) is 9.36 Å². The summed E-state index contributed by atoms with van der Waals surface area (Å²) in [5.74, 6) is 1.19. The van der Waals surface area contributed by atoms with Gasteiger partial charge in [0.1, 0.15) is 4.70 Å². The lowest BCUT2D eigenvalue weighted by Crippen LogP contribution is -2.14. The minimum absolute atomic E-state index is 0.141. The minimum Gasteiger partial charge on any atom is -0.266 e. The normalized spacial score (nSPS) is 11.6. The molecule has 0 saturated heterocycles. The zero-order valence-corrected chi connectivity index (χ0v) is 16.0. The van der Waals surface area contributed by atoms with Crippen molar-refractivity contribution in [2.75, 3.05) is 0 Å². The second kappa shape index (κ2) is 6.12. The van der Waals surface area contributed by atoms with Gasteiger partial charge in [-0.1, -0.05) is 66.7 Å². The Morgan fingerprint density at radius 1 is 0.793 bits per heavy atom. The number of thiophene rings is 1. The first-order valence-electron chi connectivity index (χ1n) is 9.25. The number of benzene rings is 3. The maximum Gasteiger partial charge on any atom is 0.293 e. The Morgan fingerprint density at radius 2 is 1.48 bits per heavy atom. The summed E-state index contributed by atoms with van der Waals surface area (Å²) in [6.45, 7) is 0. The van der Waals surface area contributed by atoms with Crippen molar-refractivity contribution in [2.24, 2.45) is 0 Å². The lowest BCUT2D eigenvalue weighted by molar-refractivity contribution is 0.920. The number of nitrogens with zero attached hydrogens (tertiary/aromatic N) is 4. The van der Waals surface area contributed by atoms with Gasteiger partial charge in [-0.15, -0.1) is 16.4 Å². The van der Waals surface area contributed by atoms with Gasteiger partial charge in [0.25, 0.3) is 5.56 Å². The van der Waals surface area contributed by atoms with Crippen LogP contribution in [0.5, 0.6) is 0 Å². The van der Waals surface area contributed by atoms with Gasteiger partial charge in [0.05, 0.1) is 11.2 Å². The highest BCUT2D eigenvalue weighted by atomic mass is 32.1. The molecule has 0 bridgehead atoms. The van der Waals surface area contributed by atoms with E-state index in [0.717, 1.165) is 26.9 Å². The van der Waals surface area contributed by atoms with E-state index in [1.165, 1.54) is 15.9 Å². The van der Waals surface area contributed by atoms with E-state index in [4.69, 9.17) is 10.1 Å². The summed E-state index contributed by atoms with van der Waals surface area (Å²) >= 11 is 1.46. The number of rotatable bonds is 2. The molecular formula is C23H14N4OS. The standard InChI is InChI=1S/C23H14N4OS/c28-22-20-19(17-13-7-8-14-18(17)29-20)24-23-26(16-11-5-2-6-12-16)21(25-27(22)23)15-9-3-1-4-10-15/h1-14H. The average molecular weight is 394 g/mol. The molecule has 0 fully saturated rings. The van der Waals surface area contributed by atoms with Crippen LogP contribution in [0.25, 0.3) is 43.2 Å². The van der Waals surface area contributed by atoms with E-state index >= 15 is 0 Å². The van der Waals surface area contributed by atoms with Crippen LogP contribution in [0.1, 0.15) is 0 Å². The predicted molar refractivity (Wildman–Crippen MR) is 117 cm³/mol. The topological polar surface area (TPSA) is 52.2 Å². The number of para-hydroxylation sites is 1. The van der Waals surface area contributed by atoms with Crippen molar-refractivity contribution >= 4 is 37.4 Å². The molecule has 29 heavy (non-hydrogen) atoms. The molecule has 0 spiro atoms. The molecule has 0 unspecified atom stereocenters. The first-order chi connectivity index (χ1) is 14.3. The fraction of sp³-hybridized carbons (Fsp3) is 0. The third kappa shape index (κ3) is 2.36. The van der Waals surface area contributed by atoms with Crippen LogP contribution in [0.15, 0.2) is 89.7 Å². The Labute approximate surface area is 169 Å². The molecule has 0 aliphatic heterocycles. The lowest BCUT2D eigenvalue weighted by Gasteiger charge is -2.07. The van der Waals surface area contributed by atoms with E-state index in [1.807, 2.05) is 89.5 Å². The molecule has 3 heterocycles. The van der Waals surface area contributed by atoms with Gasteiger partial charge in [-0.2, -0.15) is 4.52 Å². The second-order valence-corrected chi connectivity index (χ2v) is 7.82. The van der Waals surface area contributed by atoms with Crippen molar-refractivity contribution in [3.8, 4) is 17.1 Å². The Hall–Kier alpha value is -3.77. The average Bonchev–Trinajstić information content (AvgIpc) is 3.35. The minimum atomic E-state index is -0.141.